The fourth-order valence-corrected chi connectivity index (χ4v) is 4.46. The minimum absolute atomic E-state index is 0.221. The number of aromatic nitrogens is 2. The molecule has 168 valence electrons. The number of benzene rings is 2. The standard InChI is InChI=1S/C21H21Cl2N5O3S/c1-14-11-16(22)9-10-19(14)27(32(3,30)31)13-20(29)25-24-12-18-15(2)28(26-21(18)23)17-7-5-4-6-8-17/h4-12H,13H2,1-3H3,(H,25,29)/b24-12-. The Labute approximate surface area is 196 Å². The van der Waals surface area contributed by atoms with Crippen molar-refractivity contribution in [3.8, 4) is 5.69 Å². The summed E-state index contributed by atoms with van der Waals surface area (Å²) in [6.07, 6.45) is 2.40. The molecule has 0 radical (unpaired) electrons. The van der Waals surface area contributed by atoms with E-state index in [-0.39, 0.29) is 5.15 Å². The number of hydrazone groups is 1. The van der Waals surface area contributed by atoms with Crippen molar-refractivity contribution < 1.29 is 13.2 Å². The first kappa shape index (κ1) is 23.8. The van der Waals surface area contributed by atoms with Gasteiger partial charge in [-0.3, -0.25) is 9.10 Å². The molecule has 3 rings (SSSR count). The van der Waals surface area contributed by atoms with E-state index in [0.717, 1.165) is 21.9 Å². The number of nitrogens with one attached hydrogen (secondary N) is 1. The number of hydrogen-bond acceptors (Lipinski definition) is 5. The first-order valence-electron chi connectivity index (χ1n) is 9.44. The summed E-state index contributed by atoms with van der Waals surface area (Å²) in [6.45, 7) is 3.09. The van der Waals surface area contributed by atoms with Crippen molar-refractivity contribution >= 4 is 51.0 Å². The van der Waals surface area contributed by atoms with E-state index in [2.05, 4.69) is 15.6 Å². The molecular formula is C21H21Cl2N5O3S. The molecule has 32 heavy (non-hydrogen) atoms. The topological polar surface area (TPSA) is 96.7 Å². The van der Waals surface area contributed by atoms with Gasteiger partial charge in [0.15, 0.2) is 5.15 Å². The summed E-state index contributed by atoms with van der Waals surface area (Å²) in [5, 5.41) is 8.92. The fraction of sp³-hybridized carbons (Fsp3) is 0.190. The van der Waals surface area contributed by atoms with Crippen molar-refractivity contribution in [1.29, 1.82) is 0 Å². The quantitative estimate of drug-likeness (QED) is 0.400. The van der Waals surface area contributed by atoms with E-state index in [1.807, 2.05) is 37.3 Å². The number of carbonyl (C=O) groups is 1. The smallest absolute Gasteiger partial charge is 0.260 e. The van der Waals surface area contributed by atoms with E-state index in [4.69, 9.17) is 23.2 Å². The van der Waals surface area contributed by atoms with Gasteiger partial charge in [0.25, 0.3) is 5.91 Å². The minimum atomic E-state index is -3.72. The van der Waals surface area contributed by atoms with Crippen LogP contribution < -0.4 is 9.73 Å². The molecular weight excluding hydrogens is 473 g/mol. The lowest BCUT2D eigenvalue weighted by Crippen LogP contribution is -2.39. The van der Waals surface area contributed by atoms with E-state index >= 15 is 0 Å². The largest absolute Gasteiger partial charge is 0.271 e. The van der Waals surface area contributed by atoms with Crippen LogP contribution in [0.2, 0.25) is 10.2 Å². The Bertz CT molecular complexity index is 1270. The lowest BCUT2D eigenvalue weighted by molar-refractivity contribution is -0.119. The monoisotopic (exact) mass is 493 g/mol. The highest BCUT2D eigenvalue weighted by molar-refractivity contribution is 7.92. The average molecular weight is 494 g/mol. The molecule has 0 aliphatic carbocycles. The SMILES string of the molecule is Cc1cc(Cl)ccc1N(CC(=O)N/N=C\c1c(Cl)nn(-c2ccccc2)c1C)S(C)(=O)=O. The van der Waals surface area contributed by atoms with Crippen LogP contribution in [0.1, 0.15) is 16.8 Å². The third kappa shape index (κ3) is 5.48. The number of amides is 1. The van der Waals surface area contributed by atoms with E-state index in [9.17, 15) is 13.2 Å². The summed E-state index contributed by atoms with van der Waals surface area (Å²) in [4.78, 5) is 12.4. The molecule has 2 aromatic carbocycles. The molecule has 1 amide bonds. The zero-order valence-corrected chi connectivity index (χ0v) is 19.9. The number of nitrogens with zero attached hydrogens (tertiary/aromatic N) is 4. The summed E-state index contributed by atoms with van der Waals surface area (Å²) >= 11 is 12.2. The van der Waals surface area contributed by atoms with Crippen LogP contribution in [0.3, 0.4) is 0 Å². The van der Waals surface area contributed by atoms with Gasteiger partial charge in [-0.15, -0.1) is 0 Å². The Hall–Kier alpha value is -2.88. The molecule has 0 spiro atoms. The third-order valence-corrected chi connectivity index (χ3v) is 6.26. The zero-order chi connectivity index (χ0) is 23.5. The number of halogens is 2. The molecule has 0 bridgehead atoms. The van der Waals surface area contributed by atoms with Gasteiger partial charge in [-0.1, -0.05) is 41.4 Å². The number of hydrogen-bond donors (Lipinski definition) is 1. The van der Waals surface area contributed by atoms with Crippen LogP contribution in [0, 0.1) is 13.8 Å². The molecule has 1 aromatic heterocycles. The van der Waals surface area contributed by atoms with Crippen LogP contribution in [0.25, 0.3) is 5.69 Å². The summed E-state index contributed by atoms with van der Waals surface area (Å²) in [7, 11) is -3.72. The molecule has 0 saturated carbocycles. The Balaban J connectivity index is 1.76. The normalized spacial score (nSPS) is 11.7. The molecule has 3 aromatic rings. The third-order valence-electron chi connectivity index (χ3n) is 4.62. The Kier molecular flexibility index (Phi) is 7.22. The Morgan fingerprint density at radius 3 is 2.50 bits per heavy atom. The van der Waals surface area contributed by atoms with Gasteiger partial charge < -0.3 is 0 Å². The second-order valence-corrected chi connectivity index (χ2v) is 9.73. The lowest BCUT2D eigenvalue weighted by atomic mass is 10.2. The highest BCUT2D eigenvalue weighted by Gasteiger charge is 2.22. The molecule has 0 unspecified atom stereocenters. The number of anilines is 1. The molecule has 8 nitrogen and oxygen atoms in total. The van der Waals surface area contributed by atoms with Gasteiger partial charge in [0, 0.05) is 5.02 Å². The van der Waals surface area contributed by atoms with E-state index in [0.29, 0.717) is 21.8 Å². The van der Waals surface area contributed by atoms with Crippen LogP contribution in [-0.4, -0.2) is 43.1 Å². The van der Waals surface area contributed by atoms with Crippen molar-refractivity contribution in [1.82, 2.24) is 15.2 Å². The molecule has 1 heterocycles. The Morgan fingerprint density at radius 1 is 1.19 bits per heavy atom. The zero-order valence-electron chi connectivity index (χ0n) is 17.6. The Morgan fingerprint density at radius 2 is 1.88 bits per heavy atom. The molecule has 0 aliphatic heterocycles. The number of sulfonamides is 1. The summed E-state index contributed by atoms with van der Waals surface area (Å²) < 4.78 is 27.2. The summed E-state index contributed by atoms with van der Waals surface area (Å²) in [5.74, 6) is -0.620. The summed E-state index contributed by atoms with van der Waals surface area (Å²) in [6, 6.07) is 14.2. The molecule has 1 N–H and O–H groups in total. The van der Waals surface area contributed by atoms with E-state index in [1.54, 1.807) is 29.8 Å². The van der Waals surface area contributed by atoms with Crippen molar-refractivity contribution in [2.45, 2.75) is 13.8 Å². The molecule has 11 heteroatoms. The predicted molar refractivity (Wildman–Crippen MR) is 127 cm³/mol. The van der Waals surface area contributed by atoms with Crippen LogP contribution >= 0.6 is 23.2 Å². The highest BCUT2D eigenvalue weighted by atomic mass is 35.5. The van der Waals surface area contributed by atoms with Gasteiger partial charge in [-0.2, -0.15) is 10.2 Å². The second kappa shape index (κ2) is 9.72. The van der Waals surface area contributed by atoms with Gasteiger partial charge >= 0.3 is 0 Å². The average Bonchev–Trinajstić information content (AvgIpc) is 3.01. The van der Waals surface area contributed by atoms with E-state index in [1.165, 1.54) is 6.21 Å². The maximum absolute atomic E-state index is 12.4. The molecule has 0 fully saturated rings. The van der Waals surface area contributed by atoms with Gasteiger partial charge in [-0.25, -0.2) is 18.5 Å². The van der Waals surface area contributed by atoms with Crippen molar-refractivity contribution in [2.75, 3.05) is 17.1 Å². The second-order valence-electron chi connectivity index (χ2n) is 7.03. The minimum Gasteiger partial charge on any atom is -0.271 e. The highest BCUT2D eigenvalue weighted by Crippen LogP contribution is 2.25. The first-order valence-corrected chi connectivity index (χ1v) is 12.0. The van der Waals surface area contributed by atoms with Crippen molar-refractivity contribution in [2.24, 2.45) is 5.10 Å². The fourth-order valence-electron chi connectivity index (χ4n) is 3.06. The number of para-hydroxylation sites is 1. The van der Waals surface area contributed by atoms with Crippen LogP contribution in [0.5, 0.6) is 0 Å². The van der Waals surface area contributed by atoms with Crippen molar-refractivity contribution in [3.63, 3.8) is 0 Å². The van der Waals surface area contributed by atoms with Gasteiger partial charge in [-0.05, 0) is 49.7 Å². The van der Waals surface area contributed by atoms with Gasteiger partial charge in [0.05, 0.1) is 35.1 Å². The number of rotatable bonds is 7. The van der Waals surface area contributed by atoms with Gasteiger partial charge in [0.1, 0.15) is 6.54 Å². The van der Waals surface area contributed by atoms with Crippen LogP contribution in [0.4, 0.5) is 5.69 Å². The summed E-state index contributed by atoms with van der Waals surface area (Å²) in [5.41, 5.74) is 5.41. The van der Waals surface area contributed by atoms with Crippen LogP contribution in [0.15, 0.2) is 53.6 Å². The maximum atomic E-state index is 12.4. The molecule has 0 aliphatic rings. The molecule has 0 saturated heterocycles. The number of carbonyl (C=O) groups excluding carboxylic acids is 1. The maximum Gasteiger partial charge on any atom is 0.260 e. The van der Waals surface area contributed by atoms with Gasteiger partial charge in [0.2, 0.25) is 10.0 Å². The molecule has 0 atom stereocenters. The number of aryl methyl sites for hydroxylation is 1. The van der Waals surface area contributed by atoms with Crippen LogP contribution in [-0.2, 0) is 14.8 Å². The first-order chi connectivity index (χ1) is 15.1. The van der Waals surface area contributed by atoms with E-state index < -0.39 is 22.5 Å². The van der Waals surface area contributed by atoms with Crippen molar-refractivity contribution in [3.05, 3.63) is 75.5 Å². The predicted octanol–water partition coefficient (Wildman–Crippen LogP) is 3.71. The lowest BCUT2D eigenvalue weighted by Gasteiger charge is -2.23.